The number of halogens is 2. The van der Waals surface area contributed by atoms with E-state index in [1.54, 1.807) is 19.9 Å². The Kier molecular flexibility index (Phi) is 10.5. The van der Waals surface area contributed by atoms with Crippen LogP contribution in [-0.4, -0.2) is 65.8 Å². The Balaban J connectivity index is 1.26. The summed E-state index contributed by atoms with van der Waals surface area (Å²) in [6.07, 6.45) is 1.93. The minimum Gasteiger partial charge on any atom is -0.494 e. The number of carbonyl (C=O) groups is 1. The van der Waals surface area contributed by atoms with E-state index in [9.17, 15) is 9.59 Å². The number of esters is 1. The summed E-state index contributed by atoms with van der Waals surface area (Å²) < 4.78 is 13.1. The summed E-state index contributed by atoms with van der Waals surface area (Å²) in [7, 11) is 0. The Labute approximate surface area is 258 Å². The smallest absolute Gasteiger partial charge is 0.327 e. The molecular formula is C32H42Cl2N4O4. The molecule has 3 aromatic rings. The summed E-state index contributed by atoms with van der Waals surface area (Å²) in [5.74, 6) is 0.248. The molecular weight excluding hydrogens is 575 g/mol. The van der Waals surface area contributed by atoms with Gasteiger partial charge in [0, 0.05) is 43.9 Å². The number of fused-ring (bicyclic) bond motifs is 1. The monoisotopic (exact) mass is 616 g/mol. The molecule has 8 nitrogen and oxygen atoms in total. The van der Waals surface area contributed by atoms with E-state index in [2.05, 4.69) is 15.1 Å². The second-order valence-electron chi connectivity index (χ2n) is 12.3. The van der Waals surface area contributed by atoms with Gasteiger partial charge in [0.25, 0.3) is 5.56 Å². The lowest BCUT2D eigenvalue weighted by molar-refractivity contribution is -0.155. The molecule has 0 saturated carbocycles. The van der Waals surface area contributed by atoms with Gasteiger partial charge < -0.3 is 14.4 Å². The van der Waals surface area contributed by atoms with Crippen molar-refractivity contribution < 1.29 is 14.3 Å². The minimum absolute atomic E-state index is 0.176. The van der Waals surface area contributed by atoms with Crippen LogP contribution in [0.4, 0.5) is 5.69 Å². The second kappa shape index (κ2) is 13.7. The molecule has 0 radical (unpaired) electrons. The standard InChI is InChI=1S/C32H42Cl2N4O4/c1-31(2,3)35-32(4,5)30(40)42-22-38-27-21-24(13-11-23(27)12-14-28(38)39)41-20-7-6-15-36-16-18-37(19-17-36)26-10-8-9-25(33)29(26)34/h8-14,21,35H,6-7,15-20,22H2,1-5H3. The SMILES string of the molecule is CC(C)(C)NC(C)(C)C(=O)OCn1c(=O)ccc2ccc(OCCCCN3CCN(c4cccc(Cl)c4Cl)CC3)cc21. The van der Waals surface area contributed by atoms with Crippen LogP contribution in [0.3, 0.4) is 0 Å². The quantitative estimate of drug-likeness (QED) is 0.210. The molecule has 0 spiro atoms. The third-order valence-electron chi connectivity index (χ3n) is 7.27. The molecule has 4 rings (SSSR count). The van der Waals surface area contributed by atoms with E-state index >= 15 is 0 Å². The van der Waals surface area contributed by atoms with Crippen molar-refractivity contribution in [3.8, 4) is 5.75 Å². The molecule has 0 unspecified atom stereocenters. The second-order valence-corrected chi connectivity index (χ2v) is 13.1. The van der Waals surface area contributed by atoms with Crippen molar-refractivity contribution in [3.63, 3.8) is 0 Å². The Bertz CT molecular complexity index is 1440. The number of nitrogens with zero attached hydrogens (tertiary/aromatic N) is 3. The first-order chi connectivity index (χ1) is 19.8. The Morgan fingerprint density at radius 3 is 2.38 bits per heavy atom. The van der Waals surface area contributed by atoms with Gasteiger partial charge in [-0.25, -0.2) is 0 Å². The molecule has 0 bridgehead atoms. The number of aromatic nitrogens is 1. The zero-order chi connectivity index (χ0) is 30.5. The van der Waals surface area contributed by atoms with Gasteiger partial charge >= 0.3 is 5.97 Å². The Hall–Kier alpha value is -2.78. The molecule has 0 atom stereocenters. The maximum atomic E-state index is 12.8. The largest absolute Gasteiger partial charge is 0.494 e. The average molecular weight is 618 g/mol. The predicted octanol–water partition coefficient (Wildman–Crippen LogP) is 5.96. The third-order valence-corrected chi connectivity index (χ3v) is 8.08. The molecule has 0 aliphatic carbocycles. The molecule has 2 heterocycles. The maximum Gasteiger partial charge on any atom is 0.327 e. The minimum atomic E-state index is -0.905. The van der Waals surface area contributed by atoms with Crippen molar-refractivity contribution in [3.05, 3.63) is 68.9 Å². The maximum absolute atomic E-state index is 12.8. The topological polar surface area (TPSA) is 76.0 Å². The summed E-state index contributed by atoms with van der Waals surface area (Å²) in [4.78, 5) is 30.3. The number of nitrogens with one attached hydrogen (secondary N) is 1. The summed E-state index contributed by atoms with van der Waals surface area (Å²) in [5.41, 5.74) is 0.237. The molecule has 0 amide bonds. The van der Waals surface area contributed by atoms with Crippen LogP contribution in [0.25, 0.3) is 10.9 Å². The summed E-state index contributed by atoms with van der Waals surface area (Å²) in [6.45, 7) is 14.7. The van der Waals surface area contributed by atoms with Crippen molar-refractivity contribution in [1.29, 1.82) is 0 Å². The zero-order valence-electron chi connectivity index (χ0n) is 25.2. The van der Waals surface area contributed by atoms with Gasteiger partial charge in [0.2, 0.25) is 0 Å². The van der Waals surface area contributed by atoms with E-state index in [4.69, 9.17) is 32.7 Å². The van der Waals surface area contributed by atoms with Gasteiger partial charge in [-0.3, -0.25) is 24.4 Å². The Morgan fingerprint density at radius 2 is 1.67 bits per heavy atom. The summed E-state index contributed by atoms with van der Waals surface area (Å²) in [5, 5.41) is 5.33. The molecule has 42 heavy (non-hydrogen) atoms. The van der Waals surface area contributed by atoms with Crippen molar-refractivity contribution in [1.82, 2.24) is 14.8 Å². The van der Waals surface area contributed by atoms with E-state index in [0.717, 1.165) is 56.6 Å². The molecule has 1 N–H and O–H groups in total. The van der Waals surface area contributed by atoms with Gasteiger partial charge in [0.1, 0.15) is 11.3 Å². The van der Waals surface area contributed by atoms with E-state index in [-0.39, 0.29) is 17.8 Å². The number of hydrogen-bond acceptors (Lipinski definition) is 7. The van der Waals surface area contributed by atoms with Crippen molar-refractivity contribution in [2.75, 3.05) is 44.2 Å². The van der Waals surface area contributed by atoms with E-state index in [0.29, 0.717) is 27.9 Å². The fourth-order valence-electron chi connectivity index (χ4n) is 5.36. The van der Waals surface area contributed by atoms with Crippen LogP contribution in [0.2, 0.25) is 10.0 Å². The number of anilines is 1. The van der Waals surface area contributed by atoms with Crippen LogP contribution < -0.4 is 20.5 Å². The summed E-state index contributed by atoms with van der Waals surface area (Å²) >= 11 is 12.6. The van der Waals surface area contributed by atoms with Gasteiger partial charge in [-0.1, -0.05) is 29.3 Å². The van der Waals surface area contributed by atoms with Crippen LogP contribution in [0.5, 0.6) is 5.75 Å². The fourth-order valence-corrected chi connectivity index (χ4v) is 5.77. The predicted molar refractivity (Wildman–Crippen MR) is 171 cm³/mol. The fraction of sp³-hybridized carbons (Fsp3) is 0.500. The highest BCUT2D eigenvalue weighted by Gasteiger charge is 2.33. The molecule has 2 aromatic carbocycles. The van der Waals surface area contributed by atoms with Gasteiger partial charge in [-0.05, 0) is 89.7 Å². The first-order valence-corrected chi connectivity index (χ1v) is 15.2. The number of rotatable bonds is 11. The first-order valence-electron chi connectivity index (χ1n) is 14.5. The number of pyridine rings is 1. The van der Waals surface area contributed by atoms with Gasteiger partial charge in [-0.2, -0.15) is 0 Å². The number of carbonyl (C=O) groups excluding carboxylic acids is 1. The lowest BCUT2D eigenvalue weighted by atomic mass is 9.99. The molecule has 1 aliphatic rings. The van der Waals surface area contributed by atoms with E-state index in [1.165, 1.54) is 10.6 Å². The van der Waals surface area contributed by atoms with E-state index in [1.807, 2.05) is 57.2 Å². The highest BCUT2D eigenvalue weighted by molar-refractivity contribution is 6.43. The van der Waals surface area contributed by atoms with Gasteiger partial charge in [0.05, 0.1) is 27.9 Å². The summed E-state index contributed by atoms with van der Waals surface area (Å²) in [6, 6.07) is 14.7. The first kappa shape index (κ1) is 32.1. The number of ether oxygens (including phenoxy) is 2. The molecule has 1 aromatic heterocycles. The van der Waals surface area contributed by atoms with Crippen LogP contribution >= 0.6 is 23.2 Å². The normalized spacial score (nSPS) is 14.8. The molecule has 10 heteroatoms. The lowest BCUT2D eigenvalue weighted by Crippen LogP contribution is -2.55. The average Bonchev–Trinajstić information content (AvgIpc) is 2.93. The van der Waals surface area contributed by atoms with E-state index < -0.39 is 11.5 Å². The number of piperazine rings is 1. The molecule has 228 valence electrons. The number of benzene rings is 2. The molecule has 1 fully saturated rings. The number of hydrogen-bond donors (Lipinski definition) is 1. The van der Waals surface area contributed by atoms with Gasteiger partial charge in [-0.15, -0.1) is 0 Å². The van der Waals surface area contributed by atoms with Crippen molar-refractivity contribution >= 4 is 45.8 Å². The third kappa shape index (κ3) is 8.40. The molecule has 1 aliphatic heterocycles. The Morgan fingerprint density at radius 1 is 0.952 bits per heavy atom. The van der Waals surface area contributed by atoms with Crippen molar-refractivity contribution in [2.24, 2.45) is 0 Å². The highest BCUT2D eigenvalue weighted by Crippen LogP contribution is 2.33. The molecule has 1 saturated heterocycles. The van der Waals surface area contributed by atoms with Crippen LogP contribution in [0, 0.1) is 0 Å². The zero-order valence-corrected chi connectivity index (χ0v) is 26.7. The van der Waals surface area contributed by atoms with Crippen LogP contribution in [0.15, 0.2) is 53.3 Å². The van der Waals surface area contributed by atoms with Crippen LogP contribution in [-0.2, 0) is 16.3 Å². The highest BCUT2D eigenvalue weighted by atomic mass is 35.5. The van der Waals surface area contributed by atoms with Gasteiger partial charge in [0.15, 0.2) is 6.73 Å². The lowest BCUT2D eigenvalue weighted by Gasteiger charge is -2.36. The van der Waals surface area contributed by atoms with Crippen LogP contribution in [0.1, 0.15) is 47.5 Å². The number of unbranched alkanes of at least 4 members (excludes halogenated alkanes) is 1. The van der Waals surface area contributed by atoms with Crippen molar-refractivity contribution in [2.45, 2.75) is 65.3 Å².